The van der Waals surface area contributed by atoms with E-state index in [-0.39, 0.29) is 4.90 Å². The van der Waals surface area contributed by atoms with E-state index < -0.39 is 10.0 Å². The fourth-order valence-corrected chi connectivity index (χ4v) is 3.09. The van der Waals surface area contributed by atoms with Crippen LogP contribution in [-0.4, -0.2) is 13.0 Å². The van der Waals surface area contributed by atoms with E-state index in [9.17, 15) is 8.42 Å². The van der Waals surface area contributed by atoms with Crippen LogP contribution in [0.1, 0.15) is 24.6 Å². The summed E-state index contributed by atoms with van der Waals surface area (Å²) < 4.78 is 25.2. The van der Waals surface area contributed by atoms with E-state index in [2.05, 4.69) is 22.9 Å². The van der Waals surface area contributed by atoms with Crippen molar-refractivity contribution in [1.29, 1.82) is 0 Å². The second kappa shape index (κ2) is 6.32. The van der Waals surface area contributed by atoms with Gasteiger partial charge in [-0.15, -0.1) is 0 Å². The Bertz CT molecular complexity index is 720. The monoisotopic (exact) mass is 307 g/mol. The Hall–Kier alpha value is -1.79. The highest BCUT2D eigenvalue weighted by atomic mass is 32.2. The summed E-state index contributed by atoms with van der Waals surface area (Å²) in [6.07, 6.45) is 3.12. The number of nitrogens with zero attached hydrogens (tertiary/aromatic N) is 1. The number of aryl methyl sites for hydroxylation is 2. The predicted molar refractivity (Wildman–Crippen MR) is 84.6 cm³/mol. The molecule has 0 aliphatic rings. The fourth-order valence-electron chi connectivity index (χ4n) is 2.28. The van der Waals surface area contributed by atoms with Crippen LogP contribution in [0.5, 0.6) is 0 Å². The number of nitrogens with two attached hydrogens (primary N) is 1. The molecular formula is C15H21N3O2S. The number of benzene rings is 1. The lowest BCUT2D eigenvalue weighted by molar-refractivity contribution is 0.597. The van der Waals surface area contributed by atoms with Gasteiger partial charge in [0.25, 0.3) is 0 Å². The molecule has 0 atom stereocenters. The van der Waals surface area contributed by atoms with E-state index in [1.807, 2.05) is 18.3 Å². The molecule has 21 heavy (non-hydrogen) atoms. The third kappa shape index (κ3) is 3.86. The van der Waals surface area contributed by atoms with Gasteiger partial charge in [-0.1, -0.05) is 13.0 Å². The topological polar surface area (TPSA) is 77.1 Å². The third-order valence-electron chi connectivity index (χ3n) is 3.36. The van der Waals surface area contributed by atoms with Crippen LogP contribution in [-0.2, 0) is 23.1 Å². The van der Waals surface area contributed by atoms with E-state index in [4.69, 9.17) is 5.14 Å². The predicted octanol–water partition coefficient (Wildman–Crippen LogP) is 2.47. The van der Waals surface area contributed by atoms with Crippen LogP contribution in [0.25, 0.3) is 0 Å². The van der Waals surface area contributed by atoms with Gasteiger partial charge in [-0.2, -0.15) is 0 Å². The van der Waals surface area contributed by atoms with Crippen molar-refractivity contribution in [2.45, 2.75) is 38.3 Å². The first-order valence-corrected chi connectivity index (χ1v) is 8.48. The van der Waals surface area contributed by atoms with Gasteiger partial charge >= 0.3 is 0 Å². The largest absolute Gasteiger partial charge is 0.379 e. The molecule has 0 fully saturated rings. The Balaban J connectivity index is 2.15. The minimum atomic E-state index is -3.69. The highest BCUT2D eigenvalue weighted by molar-refractivity contribution is 7.89. The van der Waals surface area contributed by atoms with Crippen molar-refractivity contribution in [3.8, 4) is 0 Å². The molecule has 1 heterocycles. The molecule has 6 heteroatoms. The van der Waals surface area contributed by atoms with E-state index in [0.29, 0.717) is 12.1 Å². The lowest BCUT2D eigenvalue weighted by Gasteiger charge is -2.12. The van der Waals surface area contributed by atoms with Crippen LogP contribution in [0.15, 0.2) is 41.4 Å². The van der Waals surface area contributed by atoms with Crippen molar-refractivity contribution >= 4 is 15.7 Å². The number of sulfonamides is 1. The van der Waals surface area contributed by atoms with Crippen molar-refractivity contribution in [3.05, 3.63) is 47.8 Å². The zero-order valence-electron chi connectivity index (χ0n) is 12.3. The lowest BCUT2D eigenvalue weighted by atomic mass is 10.2. The minimum Gasteiger partial charge on any atom is -0.379 e. The molecule has 0 saturated heterocycles. The maximum Gasteiger partial charge on any atom is 0.238 e. The van der Waals surface area contributed by atoms with E-state index in [1.165, 1.54) is 0 Å². The van der Waals surface area contributed by atoms with Gasteiger partial charge in [-0.25, -0.2) is 13.6 Å². The number of primary sulfonamides is 1. The molecule has 0 unspecified atom stereocenters. The van der Waals surface area contributed by atoms with Gasteiger partial charge in [0.15, 0.2) is 0 Å². The molecule has 0 saturated carbocycles. The molecular weight excluding hydrogens is 286 g/mol. The van der Waals surface area contributed by atoms with Crippen LogP contribution < -0.4 is 10.5 Å². The summed E-state index contributed by atoms with van der Waals surface area (Å²) in [5, 5.41) is 8.47. The first-order chi connectivity index (χ1) is 9.91. The molecule has 1 aromatic carbocycles. The fraction of sp³-hybridized carbons (Fsp3) is 0.333. The zero-order valence-corrected chi connectivity index (χ0v) is 13.2. The summed E-state index contributed by atoms with van der Waals surface area (Å²) in [6, 6.07) is 9.26. The quantitative estimate of drug-likeness (QED) is 0.860. The Morgan fingerprint density at radius 2 is 2.05 bits per heavy atom. The zero-order chi connectivity index (χ0) is 15.5. The first kappa shape index (κ1) is 15.6. The van der Waals surface area contributed by atoms with Crippen LogP contribution in [0.2, 0.25) is 0 Å². The summed E-state index contributed by atoms with van der Waals surface area (Å²) >= 11 is 0. The minimum absolute atomic E-state index is 0.163. The molecule has 0 aliphatic heterocycles. The molecule has 0 spiro atoms. The Morgan fingerprint density at radius 3 is 2.71 bits per heavy atom. The van der Waals surface area contributed by atoms with Gasteiger partial charge in [0.05, 0.1) is 11.4 Å². The molecule has 114 valence electrons. The number of aromatic nitrogens is 1. The summed E-state index contributed by atoms with van der Waals surface area (Å²) in [4.78, 5) is 0.163. The van der Waals surface area contributed by atoms with E-state index in [0.717, 1.165) is 24.3 Å². The maximum absolute atomic E-state index is 11.5. The summed E-state index contributed by atoms with van der Waals surface area (Å²) in [7, 11) is -3.69. The normalized spacial score (nSPS) is 11.6. The molecule has 2 rings (SSSR count). The number of anilines is 1. The van der Waals surface area contributed by atoms with Crippen molar-refractivity contribution in [3.63, 3.8) is 0 Å². The van der Waals surface area contributed by atoms with Crippen LogP contribution >= 0.6 is 0 Å². The second-order valence-corrected chi connectivity index (χ2v) is 6.60. The summed E-state index contributed by atoms with van der Waals surface area (Å²) in [5.74, 6) is 0. The summed E-state index contributed by atoms with van der Waals surface area (Å²) in [5.41, 5.74) is 2.56. The Labute approximate surface area is 125 Å². The Morgan fingerprint density at radius 1 is 1.29 bits per heavy atom. The van der Waals surface area contributed by atoms with Gasteiger partial charge in [0.2, 0.25) is 10.0 Å². The SMILES string of the molecule is CCCn1cccc1CNc1ccc(C)c(S(N)(=O)=O)c1. The van der Waals surface area contributed by atoms with Gasteiger partial charge in [0.1, 0.15) is 0 Å². The molecule has 3 N–H and O–H groups in total. The van der Waals surface area contributed by atoms with E-state index >= 15 is 0 Å². The third-order valence-corrected chi connectivity index (χ3v) is 4.41. The van der Waals surface area contributed by atoms with Crippen LogP contribution in [0.4, 0.5) is 5.69 Å². The number of rotatable bonds is 6. The number of hydrogen-bond donors (Lipinski definition) is 2. The average Bonchev–Trinajstić information content (AvgIpc) is 2.84. The van der Waals surface area contributed by atoms with Crippen molar-refractivity contribution < 1.29 is 8.42 Å². The number of nitrogens with one attached hydrogen (secondary N) is 1. The highest BCUT2D eigenvalue weighted by Crippen LogP contribution is 2.19. The molecule has 1 aromatic heterocycles. The molecule has 0 aliphatic carbocycles. The van der Waals surface area contributed by atoms with Gasteiger partial charge in [0, 0.05) is 24.1 Å². The van der Waals surface area contributed by atoms with Crippen LogP contribution in [0.3, 0.4) is 0 Å². The summed E-state index contributed by atoms with van der Waals surface area (Å²) in [6.45, 7) is 5.48. The van der Waals surface area contributed by atoms with Crippen molar-refractivity contribution in [1.82, 2.24) is 4.57 Å². The molecule has 0 radical (unpaired) electrons. The standard InChI is InChI=1S/C15H21N3O2S/c1-3-8-18-9-4-5-14(18)11-17-13-7-6-12(2)15(10-13)21(16,19)20/h4-7,9-10,17H,3,8,11H2,1-2H3,(H2,16,19,20). The van der Waals surface area contributed by atoms with Gasteiger partial charge < -0.3 is 9.88 Å². The Kier molecular flexibility index (Phi) is 4.69. The molecule has 5 nitrogen and oxygen atoms in total. The first-order valence-electron chi connectivity index (χ1n) is 6.93. The number of hydrogen-bond acceptors (Lipinski definition) is 3. The van der Waals surface area contributed by atoms with Crippen molar-refractivity contribution in [2.24, 2.45) is 5.14 Å². The van der Waals surface area contributed by atoms with E-state index in [1.54, 1.807) is 19.1 Å². The maximum atomic E-state index is 11.5. The lowest BCUT2D eigenvalue weighted by Crippen LogP contribution is -2.14. The van der Waals surface area contributed by atoms with Gasteiger partial charge in [-0.05, 0) is 43.2 Å². The van der Waals surface area contributed by atoms with Crippen molar-refractivity contribution in [2.75, 3.05) is 5.32 Å². The molecule has 0 amide bonds. The average molecular weight is 307 g/mol. The smallest absolute Gasteiger partial charge is 0.238 e. The highest BCUT2D eigenvalue weighted by Gasteiger charge is 2.12. The second-order valence-electron chi connectivity index (χ2n) is 5.07. The van der Waals surface area contributed by atoms with Gasteiger partial charge in [-0.3, -0.25) is 0 Å². The molecule has 0 bridgehead atoms. The van der Waals surface area contributed by atoms with Crippen LogP contribution in [0, 0.1) is 6.92 Å². The molecule has 2 aromatic rings.